The highest BCUT2D eigenvalue weighted by Crippen LogP contribution is 2.16. The second-order valence-electron chi connectivity index (χ2n) is 3.32. The number of H-pyrrole nitrogens is 2. The maximum absolute atomic E-state index is 11.4. The smallest absolute Gasteiger partial charge is 0.349 e. The largest absolute Gasteiger partial charge is 0.493 e. The molecule has 0 saturated heterocycles. The van der Waals surface area contributed by atoms with Crippen LogP contribution in [0, 0.1) is 0 Å². The molecule has 2 heterocycles. The van der Waals surface area contributed by atoms with Gasteiger partial charge in [0.1, 0.15) is 0 Å². The van der Waals surface area contributed by atoms with Crippen molar-refractivity contribution in [1.82, 2.24) is 15.3 Å². The lowest BCUT2D eigenvalue weighted by Gasteiger charge is -2.09. The Labute approximate surface area is 102 Å². The number of nitrogens with one attached hydrogen (secondary N) is 3. The van der Waals surface area contributed by atoms with Gasteiger partial charge in [0.2, 0.25) is 5.88 Å². The zero-order valence-electron chi connectivity index (χ0n) is 9.05. The van der Waals surface area contributed by atoms with Gasteiger partial charge in [0.15, 0.2) is 17.2 Å². The Hall–Kier alpha value is -3.24. The number of rotatable bonds is 1. The summed E-state index contributed by atoms with van der Waals surface area (Å²) in [6, 6.07) is -0.971. The van der Waals surface area contributed by atoms with Gasteiger partial charge in [-0.2, -0.15) is 4.99 Å². The number of aromatic amines is 2. The fourth-order valence-electron chi connectivity index (χ4n) is 1.25. The molecular weight excluding hydrogens is 260 g/mol. The molecule has 1 aromatic heterocycles. The highest BCUT2D eigenvalue weighted by Gasteiger charge is 2.25. The van der Waals surface area contributed by atoms with Crippen LogP contribution in [0.4, 0.5) is 10.5 Å². The molecule has 98 valence electrons. The molecule has 0 spiro atoms. The Bertz CT molecular complexity index is 754. The van der Waals surface area contributed by atoms with Gasteiger partial charge in [0, 0.05) is 0 Å². The number of hydrogen-bond acceptors (Lipinski definition) is 7. The number of urea groups is 1. The van der Waals surface area contributed by atoms with Crippen molar-refractivity contribution in [1.29, 1.82) is 0 Å². The van der Waals surface area contributed by atoms with Crippen LogP contribution in [-0.4, -0.2) is 38.6 Å². The van der Waals surface area contributed by atoms with E-state index in [9.17, 15) is 24.3 Å². The highest BCUT2D eigenvalue weighted by atomic mass is 16.3. The summed E-state index contributed by atoms with van der Waals surface area (Å²) in [5.74, 6) is -2.35. The molecular formula is C8H6N6O5. The second-order valence-corrected chi connectivity index (χ2v) is 3.32. The molecule has 19 heavy (non-hydrogen) atoms. The summed E-state index contributed by atoms with van der Waals surface area (Å²) >= 11 is 0. The summed E-state index contributed by atoms with van der Waals surface area (Å²) < 4.78 is 0. The van der Waals surface area contributed by atoms with E-state index in [1.165, 1.54) is 0 Å². The van der Waals surface area contributed by atoms with Crippen molar-refractivity contribution >= 4 is 29.2 Å². The van der Waals surface area contributed by atoms with Gasteiger partial charge in [-0.3, -0.25) is 24.9 Å². The molecule has 0 bridgehead atoms. The minimum Gasteiger partial charge on any atom is -0.493 e. The predicted octanol–water partition coefficient (Wildman–Crippen LogP) is -2.55. The zero-order valence-corrected chi connectivity index (χ0v) is 9.05. The molecule has 0 atom stereocenters. The SMILES string of the molecule is NC1=NC(=O)NC(=O)C1=Nc1c(O)[nH]c(=O)[nH]c1=O. The molecule has 2 rings (SSSR count). The molecule has 6 N–H and O–H groups in total. The fraction of sp³-hybridized carbons (Fsp3) is 0. The van der Waals surface area contributed by atoms with Crippen LogP contribution in [-0.2, 0) is 4.79 Å². The van der Waals surface area contributed by atoms with Crippen LogP contribution in [0.1, 0.15) is 0 Å². The second kappa shape index (κ2) is 4.21. The number of hydrogen-bond donors (Lipinski definition) is 5. The van der Waals surface area contributed by atoms with Crippen molar-refractivity contribution in [3.63, 3.8) is 0 Å². The van der Waals surface area contributed by atoms with Crippen LogP contribution in [0.25, 0.3) is 0 Å². The van der Waals surface area contributed by atoms with Crippen molar-refractivity contribution in [2.45, 2.75) is 0 Å². The van der Waals surface area contributed by atoms with Crippen molar-refractivity contribution in [2.24, 2.45) is 15.7 Å². The molecule has 0 aliphatic carbocycles. The third kappa shape index (κ3) is 2.24. The number of carbonyl (C=O) groups excluding carboxylic acids is 2. The highest BCUT2D eigenvalue weighted by molar-refractivity contribution is 6.69. The van der Waals surface area contributed by atoms with Gasteiger partial charge in [0.25, 0.3) is 11.5 Å². The molecule has 0 aromatic carbocycles. The van der Waals surface area contributed by atoms with E-state index < -0.39 is 46.3 Å². The zero-order chi connectivity index (χ0) is 14.2. The van der Waals surface area contributed by atoms with Crippen LogP contribution < -0.4 is 22.3 Å². The Morgan fingerprint density at radius 1 is 1.16 bits per heavy atom. The number of aromatic nitrogens is 2. The first kappa shape index (κ1) is 12.2. The molecule has 1 aliphatic heterocycles. The van der Waals surface area contributed by atoms with Crippen LogP contribution in [0.2, 0.25) is 0 Å². The Morgan fingerprint density at radius 2 is 1.84 bits per heavy atom. The first-order valence-electron chi connectivity index (χ1n) is 4.72. The van der Waals surface area contributed by atoms with Gasteiger partial charge in [0.05, 0.1) is 0 Å². The standard InChI is InChI=1S/C8H6N6O5/c9-3-1(4(15)12-7(18)11-3)10-2-5(16)13-8(19)14-6(2)17/h(H3,9,11,12,15,18)(H3,13,14,16,17,19). The van der Waals surface area contributed by atoms with Gasteiger partial charge in [-0.15, -0.1) is 0 Å². The minimum absolute atomic E-state index is 0.515. The number of aliphatic imine (C=N–C) groups is 2. The van der Waals surface area contributed by atoms with Crippen molar-refractivity contribution in [3.05, 3.63) is 20.8 Å². The fourth-order valence-corrected chi connectivity index (χ4v) is 1.25. The van der Waals surface area contributed by atoms with E-state index in [1.54, 1.807) is 10.3 Å². The predicted molar refractivity (Wildman–Crippen MR) is 61.6 cm³/mol. The molecule has 0 radical (unpaired) electrons. The summed E-state index contributed by atoms with van der Waals surface area (Å²) in [6.45, 7) is 0. The van der Waals surface area contributed by atoms with Gasteiger partial charge in [-0.05, 0) is 0 Å². The molecule has 0 unspecified atom stereocenters. The van der Waals surface area contributed by atoms with Gasteiger partial charge >= 0.3 is 11.7 Å². The Kier molecular flexibility index (Phi) is 2.71. The maximum atomic E-state index is 11.4. The summed E-state index contributed by atoms with van der Waals surface area (Å²) in [7, 11) is 0. The van der Waals surface area contributed by atoms with Crippen LogP contribution in [0.15, 0.2) is 19.6 Å². The number of imide groups is 1. The van der Waals surface area contributed by atoms with E-state index in [0.717, 1.165) is 0 Å². The van der Waals surface area contributed by atoms with Crippen molar-refractivity contribution < 1.29 is 14.7 Å². The molecule has 3 amide bonds. The number of amides is 3. The number of aromatic hydroxyl groups is 1. The van der Waals surface area contributed by atoms with E-state index in [4.69, 9.17) is 5.73 Å². The molecule has 11 heteroatoms. The van der Waals surface area contributed by atoms with Gasteiger partial charge < -0.3 is 10.8 Å². The first-order valence-corrected chi connectivity index (χ1v) is 4.72. The maximum Gasteiger partial charge on any atom is 0.349 e. The van der Waals surface area contributed by atoms with Gasteiger partial charge in [-0.1, -0.05) is 0 Å². The normalized spacial score (nSPS) is 17.3. The van der Waals surface area contributed by atoms with E-state index in [2.05, 4.69) is 9.98 Å². The monoisotopic (exact) mass is 266 g/mol. The van der Waals surface area contributed by atoms with Gasteiger partial charge in [-0.25, -0.2) is 14.6 Å². The number of nitrogens with two attached hydrogens (primary N) is 1. The van der Waals surface area contributed by atoms with E-state index in [1.807, 2.05) is 4.98 Å². The Morgan fingerprint density at radius 3 is 2.42 bits per heavy atom. The molecule has 1 aromatic rings. The lowest BCUT2D eigenvalue weighted by Crippen LogP contribution is -2.46. The Balaban J connectivity index is 2.62. The minimum atomic E-state index is -1.04. The summed E-state index contributed by atoms with van der Waals surface area (Å²) in [4.78, 5) is 54.8. The van der Waals surface area contributed by atoms with Crippen LogP contribution in [0.5, 0.6) is 5.88 Å². The third-order valence-electron chi connectivity index (χ3n) is 2.02. The number of carbonyl (C=O) groups is 2. The van der Waals surface area contributed by atoms with Crippen LogP contribution >= 0.6 is 0 Å². The molecule has 11 nitrogen and oxygen atoms in total. The first-order chi connectivity index (χ1) is 8.88. The lowest BCUT2D eigenvalue weighted by molar-refractivity contribution is -0.113. The van der Waals surface area contributed by atoms with E-state index >= 15 is 0 Å². The van der Waals surface area contributed by atoms with E-state index in [-0.39, 0.29) is 0 Å². The molecule has 0 fully saturated rings. The summed E-state index contributed by atoms with van der Waals surface area (Å²) in [6.07, 6.45) is 0. The average Bonchev–Trinajstić information content (AvgIpc) is 2.25. The van der Waals surface area contributed by atoms with Crippen molar-refractivity contribution in [3.8, 4) is 5.88 Å². The topological polar surface area (TPSA) is 183 Å². The lowest BCUT2D eigenvalue weighted by atomic mass is 10.3. The third-order valence-corrected chi connectivity index (χ3v) is 2.02. The average molecular weight is 266 g/mol. The summed E-state index contributed by atoms with van der Waals surface area (Å²) in [5.41, 5.74) is 2.15. The quantitative estimate of drug-likeness (QED) is 0.372. The number of amidine groups is 1. The van der Waals surface area contributed by atoms with Crippen molar-refractivity contribution in [2.75, 3.05) is 0 Å². The molecule has 0 saturated carbocycles. The molecule has 1 aliphatic rings. The summed E-state index contributed by atoms with van der Waals surface area (Å²) in [5, 5.41) is 11.2. The van der Waals surface area contributed by atoms with E-state index in [0.29, 0.717) is 0 Å². The van der Waals surface area contributed by atoms with Crippen LogP contribution in [0.3, 0.4) is 0 Å². The number of nitrogens with zero attached hydrogens (tertiary/aromatic N) is 2.